The average Bonchev–Trinajstić information content (AvgIpc) is 2.53. The van der Waals surface area contributed by atoms with Gasteiger partial charge in [0.15, 0.2) is 0 Å². The number of carbonyl (C=O) groups excluding carboxylic acids is 1. The molecule has 2 rings (SSSR count). The SMILES string of the molecule is COc1nc(C)ccc1C(=O)N(C)c1cc(Cl)ccc1C#N. The molecule has 5 nitrogen and oxygen atoms in total. The lowest BCUT2D eigenvalue weighted by atomic mass is 10.1. The number of aryl methyl sites for hydroxylation is 1. The van der Waals surface area contributed by atoms with E-state index in [4.69, 9.17) is 16.3 Å². The van der Waals surface area contributed by atoms with Crippen molar-refractivity contribution in [3.05, 3.63) is 52.2 Å². The highest BCUT2D eigenvalue weighted by atomic mass is 35.5. The third kappa shape index (κ3) is 3.02. The largest absolute Gasteiger partial charge is 0.480 e. The molecule has 0 atom stereocenters. The smallest absolute Gasteiger partial charge is 0.263 e. The van der Waals surface area contributed by atoms with Gasteiger partial charge in [0.1, 0.15) is 11.6 Å². The standard InChI is InChI=1S/C16H14ClN3O2/c1-10-4-7-13(15(19-10)22-3)16(21)20(2)14-8-12(17)6-5-11(14)9-18/h4-8H,1-3H3. The molecule has 6 heteroatoms. The molecule has 0 unspecified atom stereocenters. The number of carbonyl (C=O) groups is 1. The van der Waals surface area contributed by atoms with Crippen molar-refractivity contribution in [2.75, 3.05) is 19.1 Å². The summed E-state index contributed by atoms with van der Waals surface area (Å²) in [6, 6.07) is 10.2. The number of pyridine rings is 1. The minimum Gasteiger partial charge on any atom is -0.480 e. The van der Waals surface area contributed by atoms with Crippen LogP contribution in [-0.2, 0) is 0 Å². The zero-order chi connectivity index (χ0) is 16.3. The monoisotopic (exact) mass is 315 g/mol. The maximum absolute atomic E-state index is 12.7. The van der Waals surface area contributed by atoms with Crippen LogP contribution in [0.2, 0.25) is 5.02 Å². The van der Waals surface area contributed by atoms with Gasteiger partial charge in [0.25, 0.3) is 5.91 Å². The Morgan fingerprint density at radius 1 is 1.36 bits per heavy atom. The summed E-state index contributed by atoms with van der Waals surface area (Å²) in [5.41, 5.74) is 1.86. The van der Waals surface area contributed by atoms with E-state index in [1.54, 1.807) is 37.4 Å². The van der Waals surface area contributed by atoms with Crippen molar-refractivity contribution in [3.63, 3.8) is 0 Å². The molecular weight excluding hydrogens is 302 g/mol. The number of methoxy groups -OCH3 is 1. The Balaban J connectivity index is 2.46. The van der Waals surface area contributed by atoms with Gasteiger partial charge in [-0.1, -0.05) is 11.6 Å². The summed E-state index contributed by atoms with van der Waals surface area (Å²) in [4.78, 5) is 18.2. The molecule has 0 aliphatic rings. The van der Waals surface area contributed by atoms with E-state index in [0.717, 1.165) is 5.69 Å². The molecule has 0 radical (unpaired) electrons. The summed E-state index contributed by atoms with van der Waals surface area (Å²) in [5.74, 6) is -0.0829. The fraction of sp³-hybridized carbons (Fsp3) is 0.188. The topological polar surface area (TPSA) is 66.2 Å². The molecule has 1 heterocycles. The molecule has 0 aliphatic carbocycles. The van der Waals surface area contributed by atoms with Crippen molar-refractivity contribution in [2.45, 2.75) is 6.92 Å². The van der Waals surface area contributed by atoms with Crippen LogP contribution in [0.3, 0.4) is 0 Å². The Bertz CT molecular complexity index is 768. The molecule has 22 heavy (non-hydrogen) atoms. The highest BCUT2D eigenvalue weighted by Crippen LogP contribution is 2.26. The van der Waals surface area contributed by atoms with E-state index in [1.807, 2.05) is 13.0 Å². The lowest BCUT2D eigenvalue weighted by Crippen LogP contribution is -2.27. The first-order chi connectivity index (χ1) is 10.5. The van der Waals surface area contributed by atoms with Crippen LogP contribution in [0.15, 0.2) is 30.3 Å². The van der Waals surface area contributed by atoms with Crippen LogP contribution in [-0.4, -0.2) is 25.0 Å². The maximum Gasteiger partial charge on any atom is 0.263 e. The Morgan fingerprint density at radius 3 is 2.73 bits per heavy atom. The van der Waals surface area contributed by atoms with Crippen LogP contribution in [0.1, 0.15) is 21.6 Å². The Morgan fingerprint density at radius 2 is 2.09 bits per heavy atom. The summed E-state index contributed by atoms with van der Waals surface area (Å²) < 4.78 is 5.16. The molecule has 1 amide bonds. The predicted octanol–water partition coefficient (Wildman–Crippen LogP) is 3.20. The van der Waals surface area contributed by atoms with Gasteiger partial charge in [0.2, 0.25) is 5.88 Å². The summed E-state index contributed by atoms with van der Waals surface area (Å²) in [6.07, 6.45) is 0. The van der Waals surface area contributed by atoms with E-state index in [9.17, 15) is 10.1 Å². The third-order valence-corrected chi connectivity index (χ3v) is 3.40. The van der Waals surface area contributed by atoms with Gasteiger partial charge in [-0.25, -0.2) is 4.98 Å². The van der Waals surface area contributed by atoms with E-state index in [1.165, 1.54) is 12.0 Å². The number of rotatable bonds is 3. The fourth-order valence-electron chi connectivity index (χ4n) is 2.02. The zero-order valence-corrected chi connectivity index (χ0v) is 13.2. The van der Waals surface area contributed by atoms with E-state index < -0.39 is 0 Å². The number of nitriles is 1. The van der Waals surface area contributed by atoms with Gasteiger partial charge in [0.05, 0.1) is 18.4 Å². The lowest BCUT2D eigenvalue weighted by Gasteiger charge is -2.20. The highest BCUT2D eigenvalue weighted by molar-refractivity contribution is 6.31. The van der Waals surface area contributed by atoms with Gasteiger partial charge in [-0.3, -0.25) is 4.79 Å². The first kappa shape index (κ1) is 15.8. The van der Waals surface area contributed by atoms with E-state index in [-0.39, 0.29) is 11.8 Å². The van der Waals surface area contributed by atoms with Crippen LogP contribution in [0, 0.1) is 18.3 Å². The van der Waals surface area contributed by atoms with Gasteiger partial charge in [-0.05, 0) is 37.3 Å². The molecule has 2 aromatic rings. The van der Waals surface area contributed by atoms with Crippen LogP contribution >= 0.6 is 11.6 Å². The molecule has 0 fully saturated rings. The van der Waals surface area contributed by atoms with Crippen LogP contribution in [0.25, 0.3) is 0 Å². The second-order valence-corrected chi connectivity index (χ2v) is 5.08. The third-order valence-electron chi connectivity index (χ3n) is 3.17. The number of aromatic nitrogens is 1. The summed E-state index contributed by atoms with van der Waals surface area (Å²) in [6.45, 7) is 1.81. The maximum atomic E-state index is 12.7. The number of hydrogen-bond donors (Lipinski definition) is 0. The molecule has 112 valence electrons. The minimum atomic E-state index is -0.330. The van der Waals surface area contributed by atoms with Crippen molar-refractivity contribution in [2.24, 2.45) is 0 Å². The van der Waals surface area contributed by atoms with Gasteiger partial charge in [-0.15, -0.1) is 0 Å². The van der Waals surface area contributed by atoms with Crippen LogP contribution in [0.4, 0.5) is 5.69 Å². The average molecular weight is 316 g/mol. The van der Waals surface area contributed by atoms with Gasteiger partial charge in [-0.2, -0.15) is 5.26 Å². The van der Waals surface area contributed by atoms with Crippen molar-refractivity contribution in [1.29, 1.82) is 5.26 Å². The number of hydrogen-bond acceptors (Lipinski definition) is 4. The van der Waals surface area contributed by atoms with E-state index >= 15 is 0 Å². The predicted molar refractivity (Wildman–Crippen MR) is 84.4 cm³/mol. The van der Waals surface area contributed by atoms with E-state index in [0.29, 0.717) is 21.8 Å². The fourth-order valence-corrected chi connectivity index (χ4v) is 2.18. The highest BCUT2D eigenvalue weighted by Gasteiger charge is 2.21. The number of nitrogens with zero attached hydrogens (tertiary/aromatic N) is 3. The van der Waals surface area contributed by atoms with Crippen LogP contribution in [0.5, 0.6) is 5.88 Å². The summed E-state index contributed by atoms with van der Waals surface area (Å²) >= 11 is 5.96. The minimum absolute atomic E-state index is 0.248. The normalized spacial score (nSPS) is 9.95. The number of amides is 1. The Hall–Kier alpha value is -2.58. The molecule has 1 aromatic carbocycles. The van der Waals surface area contributed by atoms with Gasteiger partial charge >= 0.3 is 0 Å². The summed E-state index contributed by atoms with van der Waals surface area (Å²) in [5, 5.41) is 9.63. The first-order valence-electron chi connectivity index (χ1n) is 6.47. The molecule has 1 aromatic heterocycles. The molecular formula is C16H14ClN3O2. The zero-order valence-electron chi connectivity index (χ0n) is 12.4. The second kappa shape index (κ2) is 6.46. The lowest BCUT2D eigenvalue weighted by molar-refractivity contribution is 0.0989. The number of anilines is 1. The molecule has 0 saturated heterocycles. The first-order valence-corrected chi connectivity index (χ1v) is 6.85. The molecule has 0 saturated carbocycles. The number of benzene rings is 1. The van der Waals surface area contributed by atoms with Crippen molar-refractivity contribution >= 4 is 23.2 Å². The second-order valence-electron chi connectivity index (χ2n) is 4.65. The van der Waals surface area contributed by atoms with Crippen molar-refractivity contribution in [3.8, 4) is 11.9 Å². The quantitative estimate of drug-likeness (QED) is 0.872. The Kier molecular flexibility index (Phi) is 4.64. The molecule has 0 spiro atoms. The van der Waals surface area contributed by atoms with Crippen LogP contribution < -0.4 is 9.64 Å². The molecule has 0 N–H and O–H groups in total. The van der Waals surface area contributed by atoms with E-state index in [2.05, 4.69) is 4.98 Å². The number of halogens is 1. The molecule has 0 aliphatic heterocycles. The molecule has 0 bridgehead atoms. The Labute approximate surface area is 133 Å². The van der Waals surface area contributed by atoms with Crippen molar-refractivity contribution < 1.29 is 9.53 Å². The number of ether oxygens (including phenoxy) is 1. The van der Waals surface area contributed by atoms with Gasteiger partial charge < -0.3 is 9.64 Å². The van der Waals surface area contributed by atoms with Gasteiger partial charge in [0, 0.05) is 17.8 Å². The van der Waals surface area contributed by atoms with Crippen molar-refractivity contribution in [1.82, 2.24) is 4.98 Å². The summed E-state index contributed by atoms with van der Waals surface area (Å²) in [7, 11) is 3.03.